The van der Waals surface area contributed by atoms with Crippen LogP contribution in [0.25, 0.3) is 64.4 Å². The van der Waals surface area contributed by atoms with Crippen molar-refractivity contribution >= 4 is 70.5 Å². The second-order valence-corrected chi connectivity index (χ2v) is 12.4. The molecule has 0 bridgehead atoms. The van der Waals surface area contributed by atoms with Crippen LogP contribution in [-0.2, 0) is 0 Å². The summed E-state index contributed by atoms with van der Waals surface area (Å²) in [5.41, 5.74) is 9.81. The largest absolute Gasteiger partial charge is 0.454 e. The van der Waals surface area contributed by atoms with E-state index in [9.17, 15) is 0 Å². The highest BCUT2D eigenvalue weighted by atomic mass is 32.1. The summed E-state index contributed by atoms with van der Waals surface area (Å²) in [4.78, 5) is 2.33. The summed E-state index contributed by atoms with van der Waals surface area (Å²) >= 11 is 1.84. The average molecular weight is 594 g/mol. The Labute approximate surface area is 265 Å². The quantitative estimate of drug-likeness (QED) is 0.197. The molecule has 0 aliphatic heterocycles. The minimum atomic E-state index is 0.902. The van der Waals surface area contributed by atoms with E-state index < -0.39 is 0 Å². The van der Waals surface area contributed by atoms with Gasteiger partial charge in [-0.1, -0.05) is 121 Å². The molecule has 0 unspecified atom stereocenters. The number of thiophene rings is 1. The highest BCUT2D eigenvalue weighted by Gasteiger charge is 2.23. The SMILES string of the molecule is c1ccc(-c2ccc(-c3ccc(N(c4ccccc4)c4cc5c6ccccc6sc5c5c4oc4ccccc45)cc3)cc2)cc1. The Bertz CT molecular complexity index is 2460. The van der Waals surface area contributed by atoms with Crippen molar-refractivity contribution in [1.82, 2.24) is 0 Å². The third-order valence-electron chi connectivity index (χ3n) is 8.68. The van der Waals surface area contributed by atoms with Gasteiger partial charge in [-0.25, -0.2) is 0 Å². The molecule has 212 valence electrons. The predicted molar refractivity (Wildman–Crippen MR) is 192 cm³/mol. The molecule has 2 aromatic heterocycles. The van der Waals surface area contributed by atoms with E-state index in [1.807, 2.05) is 17.4 Å². The molecule has 0 saturated heterocycles. The zero-order valence-electron chi connectivity index (χ0n) is 24.4. The average Bonchev–Trinajstić information content (AvgIpc) is 3.69. The summed E-state index contributed by atoms with van der Waals surface area (Å²) in [6.07, 6.45) is 0. The Hall–Kier alpha value is -5.64. The highest BCUT2D eigenvalue weighted by Crippen LogP contribution is 2.49. The maximum atomic E-state index is 6.72. The molecule has 9 aromatic rings. The van der Waals surface area contributed by atoms with Crippen LogP contribution in [0.3, 0.4) is 0 Å². The maximum Gasteiger partial charge on any atom is 0.160 e. The molecule has 0 aliphatic rings. The lowest BCUT2D eigenvalue weighted by atomic mass is 10.00. The van der Waals surface area contributed by atoms with Crippen LogP contribution in [0.5, 0.6) is 0 Å². The lowest BCUT2D eigenvalue weighted by Gasteiger charge is -2.26. The molecule has 3 heteroatoms. The molecule has 2 nitrogen and oxygen atoms in total. The molecule has 0 spiro atoms. The van der Waals surface area contributed by atoms with Gasteiger partial charge in [-0.15, -0.1) is 11.3 Å². The van der Waals surface area contributed by atoms with Crippen molar-refractivity contribution in [3.05, 3.63) is 164 Å². The Morgan fingerprint density at radius 1 is 0.444 bits per heavy atom. The van der Waals surface area contributed by atoms with E-state index in [4.69, 9.17) is 4.42 Å². The molecule has 0 atom stereocenters. The first kappa shape index (κ1) is 25.8. The van der Waals surface area contributed by atoms with Crippen LogP contribution in [0.1, 0.15) is 0 Å². The predicted octanol–water partition coefficient (Wildman–Crippen LogP) is 12.8. The van der Waals surface area contributed by atoms with Gasteiger partial charge in [0.1, 0.15) is 5.58 Å². The minimum absolute atomic E-state index is 0.902. The van der Waals surface area contributed by atoms with Crippen molar-refractivity contribution in [3.8, 4) is 22.3 Å². The number of fused-ring (bicyclic) bond motifs is 7. The summed E-state index contributed by atoms with van der Waals surface area (Å²) in [5, 5.41) is 4.84. The smallest absolute Gasteiger partial charge is 0.160 e. The number of rotatable bonds is 5. The van der Waals surface area contributed by atoms with Crippen molar-refractivity contribution in [2.24, 2.45) is 0 Å². The first-order valence-corrected chi connectivity index (χ1v) is 16.0. The fourth-order valence-electron chi connectivity index (χ4n) is 6.51. The van der Waals surface area contributed by atoms with Gasteiger partial charge >= 0.3 is 0 Å². The molecule has 9 rings (SSSR count). The molecule has 0 amide bonds. The highest BCUT2D eigenvalue weighted by molar-refractivity contribution is 7.26. The fourth-order valence-corrected chi connectivity index (χ4v) is 7.75. The van der Waals surface area contributed by atoms with Crippen LogP contribution >= 0.6 is 11.3 Å². The first-order chi connectivity index (χ1) is 22.3. The van der Waals surface area contributed by atoms with Crippen LogP contribution in [0.2, 0.25) is 0 Å². The molecule has 0 radical (unpaired) electrons. The molecule has 0 aliphatic carbocycles. The van der Waals surface area contributed by atoms with Crippen LogP contribution in [0.15, 0.2) is 168 Å². The van der Waals surface area contributed by atoms with Crippen LogP contribution < -0.4 is 4.90 Å². The standard InChI is InChI=1S/C42H27NOS/c1-3-11-28(12-4-1)29-19-21-30(22-20-29)31-23-25-33(26-24-31)43(32-13-5-2-6-14-32)37-27-36-34-15-8-10-18-39(34)45-42(36)40-35-16-7-9-17-38(35)44-41(37)40/h1-27H. The van der Waals surface area contributed by atoms with Crippen LogP contribution in [-0.4, -0.2) is 0 Å². The molecule has 0 N–H and O–H groups in total. The third kappa shape index (κ3) is 4.32. The van der Waals surface area contributed by atoms with Gasteiger partial charge in [0.25, 0.3) is 0 Å². The van der Waals surface area contributed by atoms with E-state index in [0.717, 1.165) is 33.6 Å². The summed E-state index contributed by atoms with van der Waals surface area (Å²) in [5.74, 6) is 0. The Kier molecular flexibility index (Phi) is 6.03. The van der Waals surface area contributed by atoms with Crippen molar-refractivity contribution in [3.63, 3.8) is 0 Å². The van der Waals surface area contributed by atoms with Crippen molar-refractivity contribution in [2.75, 3.05) is 4.90 Å². The van der Waals surface area contributed by atoms with Crippen LogP contribution in [0.4, 0.5) is 17.1 Å². The van der Waals surface area contributed by atoms with Gasteiger partial charge in [0.05, 0.1) is 5.69 Å². The van der Waals surface area contributed by atoms with Gasteiger partial charge in [0, 0.05) is 42.3 Å². The lowest BCUT2D eigenvalue weighted by molar-refractivity contribution is 0.669. The normalized spacial score (nSPS) is 11.6. The maximum absolute atomic E-state index is 6.72. The van der Waals surface area contributed by atoms with E-state index in [-0.39, 0.29) is 0 Å². The van der Waals surface area contributed by atoms with Gasteiger partial charge < -0.3 is 9.32 Å². The molecule has 0 fully saturated rings. The molecule has 45 heavy (non-hydrogen) atoms. The number of hydrogen-bond acceptors (Lipinski definition) is 3. The van der Waals surface area contributed by atoms with E-state index in [2.05, 4.69) is 163 Å². The summed E-state index contributed by atoms with van der Waals surface area (Å²) < 4.78 is 9.27. The van der Waals surface area contributed by atoms with Crippen LogP contribution in [0, 0.1) is 0 Å². The molecule has 7 aromatic carbocycles. The Morgan fingerprint density at radius 3 is 1.69 bits per heavy atom. The number of hydrogen-bond donors (Lipinski definition) is 0. The van der Waals surface area contributed by atoms with Gasteiger partial charge in [0.2, 0.25) is 0 Å². The second-order valence-electron chi connectivity index (χ2n) is 11.3. The summed E-state index contributed by atoms with van der Waals surface area (Å²) in [7, 11) is 0. The molecule has 0 saturated carbocycles. The van der Waals surface area contributed by atoms with Crippen molar-refractivity contribution in [1.29, 1.82) is 0 Å². The minimum Gasteiger partial charge on any atom is -0.454 e. The number of para-hydroxylation sites is 2. The number of anilines is 3. The second kappa shape index (κ2) is 10.5. The zero-order valence-corrected chi connectivity index (χ0v) is 25.2. The van der Waals surface area contributed by atoms with E-state index in [0.29, 0.717) is 0 Å². The van der Waals surface area contributed by atoms with Gasteiger partial charge in [-0.3, -0.25) is 0 Å². The lowest BCUT2D eigenvalue weighted by Crippen LogP contribution is -2.10. The topological polar surface area (TPSA) is 16.4 Å². The number of nitrogens with zero attached hydrogens (tertiary/aromatic N) is 1. The van der Waals surface area contributed by atoms with Crippen molar-refractivity contribution < 1.29 is 4.42 Å². The Morgan fingerprint density at radius 2 is 0.978 bits per heavy atom. The van der Waals surface area contributed by atoms with Gasteiger partial charge in [-0.2, -0.15) is 0 Å². The number of furan rings is 1. The van der Waals surface area contributed by atoms with Gasteiger partial charge in [-0.05, 0) is 64.7 Å². The summed E-state index contributed by atoms with van der Waals surface area (Å²) in [6, 6.07) is 58.2. The molecule has 2 heterocycles. The first-order valence-electron chi connectivity index (χ1n) is 15.2. The zero-order chi connectivity index (χ0) is 29.7. The van der Waals surface area contributed by atoms with Crippen molar-refractivity contribution in [2.45, 2.75) is 0 Å². The summed E-state index contributed by atoms with van der Waals surface area (Å²) in [6.45, 7) is 0. The van der Waals surface area contributed by atoms with E-state index in [1.54, 1.807) is 0 Å². The third-order valence-corrected chi connectivity index (χ3v) is 9.88. The Balaban J connectivity index is 1.23. The fraction of sp³-hybridized carbons (Fsp3) is 0. The monoisotopic (exact) mass is 593 g/mol. The van der Waals surface area contributed by atoms with E-state index in [1.165, 1.54) is 47.8 Å². The van der Waals surface area contributed by atoms with Gasteiger partial charge in [0.15, 0.2) is 5.58 Å². The molecular weight excluding hydrogens is 567 g/mol. The molecular formula is C42H27NOS. The number of benzene rings is 7. The van der Waals surface area contributed by atoms with E-state index >= 15 is 0 Å².